The van der Waals surface area contributed by atoms with Crippen molar-refractivity contribution < 1.29 is 18.3 Å². The number of anilines is 1. The molecule has 0 saturated heterocycles. The fraction of sp³-hybridized carbons (Fsp3) is 0.300. The Morgan fingerprint density at radius 1 is 1.22 bits per heavy atom. The van der Waals surface area contributed by atoms with Crippen molar-refractivity contribution in [1.82, 2.24) is 9.97 Å². The Labute approximate surface area is 155 Å². The van der Waals surface area contributed by atoms with Crippen LogP contribution in [0.4, 0.5) is 14.6 Å². The van der Waals surface area contributed by atoms with Gasteiger partial charge >= 0.3 is 5.92 Å². The number of para-hydroxylation sites is 1. The molecule has 1 aromatic heterocycles. The van der Waals surface area contributed by atoms with E-state index in [9.17, 15) is 8.78 Å². The van der Waals surface area contributed by atoms with Gasteiger partial charge in [0.2, 0.25) is 0 Å². The lowest BCUT2D eigenvalue weighted by molar-refractivity contribution is -0.0214. The summed E-state index contributed by atoms with van der Waals surface area (Å²) in [5, 5.41) is 4.09. The van der Waals surface area contributed by atoms with Crippen LogP contribution in [0.5, 0.6) is 11.5 Å². The number of hydrogen-bond donors (Lipinski definition) is 1. The van der Waals surface area contributed by atoms with Crippen LogP contribution in [0.3, 0.4) is 0 Å². The van der Waals surface area contributed by atoms with Gasteiger partial charge in [-0.3, -0.25) is 0 Å². The van der Waals surface area contributed by atoms with E-state index in [0.29, 0.717) is 23.8 Å². The molecule has 0 aliphatic carbocycles. The van der Waals surface area contributed by atoms with E-state index in [1.165, 1.54) is 6.07 Å². The van der Waals surface area contributed by atoms with Crippen molar-refractivity contribution in [3.8, 4) is 11.5 Å². The lowest BCUT2D eigenvalue weighted by Gasteiger charge is -2.13. The van der Waals surface area contributed by atoms with Crippen LogP contribution in [0.1, 0.15) is 22.5 Å². The number of methoxy groups -OCH3 is 1. The average Bonchev–Trinajstić information content (AvgIpc) is 2.95. The van der Waals surface area contributed by atoms with Crippen molar-refractivity contribution >= 4 is 16.7 Å². The standard InChI is InChI=1S/C20H19F2N3O2/c1-11-7-14-16(8-17(11)26-3)24-12(2)25-19(14)23-9-13-5-4-6-15-18(13)27-10-20(15,21)22/h4-8H,9-10H2,1-3H3,(H,23,24,25). The molecule has 0 bridgehead atoms. The molecule has 0 spiro atoms. The molecule has 5 nitrogen and oxygen atoms in total. The van der Waals surface area contributed by atoms with Gasteiger partial charge in [0.1, 0.15) is 23.1 Å². The van der Waals surface area contributed by atoms with Crippen molar-refractivity contribution in [2.45, 2.75) is 26.3 Å². The van der Waals surface area contributed by atoms with Crippen molar-refractivity contribution in [1.29, 1.82) is 0 Å². The van der Waals surface area contributed by atoms with Crippen molar-refractivity contribution in [2.24, 2.45) is 0 Å². The van der Waals surface area contributed by atoms with Crippen LogP contribution in [-0.4, -0.2) is 23.7 Å². The Morgan fingerprint density at radius 2 is 2.04 bits per heavy atom. The van der Waals surface area contributed by atoms with Gasteiger partial charge in [-0.1, -0.05) is 12.1 Å². The quantitative estimate of drug-likeness (QED) is 0.739. The molecule has 0 atom stereocenters. The Balaban J connectivity index is 1.69. The summed E-state index contributed by atoms with van der Waals surface area (Å²) in [4.78, 5) is 8.95. The normalized spacial score (nSPS) is 14.7. The second-order valence-corrected chi connectivity index (χ2v) is 6.60. The Bertz CT molecular complexity index is 1040. The number of halogens is 2. The van der Waals surface area contributed by atoms with E-state index in [4.69, 9.17) is 9.47 Å². The smallest absolute Gasteiger partial charge is 0.310 e. The van der Waals surface area contributed by atoms with Crippen LogP contribution < -0.4 is 14.8 Å². The number of alkyl halides is 2. The fourth-order valence-electron chi connectivity index (χ4n) is 3.34. The number of aryl methyl sites for hydroxylation is 2. The summed E-state index contributed by atoms with van der Waals surface area (Å²) in [5.74, 6) is -0.689. The molecule has 140 valence electrons. The van der Waals surface area contributed by atoms with Crippen molar-refractivity contribution in [3.05, 3.63) is 52.8 Å². The van der Waals surface area contributed by atoms with Crippen molar-refractivity contribution in [2.75, 3.05) is 19.0 Å². The van der Waals surface area contributed by atoms with Gasteiger partial charge in [0.15, 0.2) is 6.61 Å². The summed E-state index contributed by atoms with van der Waals surface area (Å²) in [6.45, 7) is 3.45. The zero-order chi connectivity index (χ0) is 19.2. The topological polar surface area (TPSA) is 56.3 Å². The molecule has 0 radical (unpaired) electrons. The second kappa shape index (κ2) is 6.33. The van der Waals surface area contributed by atoms with Gasteiger partial charge < -0.3 is 14.8 Å². The summed E-state index contributed by atoms with van der Waals surface area (Å²) >= 11 is 0. The van der Waals surface area contributed by atoms with Gasteiger partial charge in [0, 0.05) is 23.6 Å². The molecular weight excluding hydrogens is 352 g/mol. The summed E-state index contributed by atoms with van der Waals surface area (Å²) in [7, 11) is 1.62. The lowest BCUT2D eigenvalue weighted by Crippen LogP contribution is -2.14. The third-order valence-electron chi connectivity index (χ3n) is 4.66. The first-order chi connectivity index (χ1) is 12.9. The highest BCUT2D eigenvalue weighted by Gasteiger charge is 2.42. The molecule has 0 unspecified atom stereocenters. The van der Waals surface area contributed by atoms with E-state index in [1.807, 2.05) is 19.1 Å². The maximum Gasteiger partial charge on any atom is 0.310 e. The first-order valence-electron chi connectivity index (χ1n) is 8.59. The molecule has 27 heavy (non-hydrogen) atoms. The van der Waals surface area contributed by atoms with E-state index in [1.54, 1.807) is 26.2 Å². The van der Waals surface area contributed by atoms with Crippen LogP contribution in [0.2, 0.25) is 0 Å². The maximum atomic E-state index is 13.9. The zero-order valence-electron chi connectivity index (χ0n) is 15.3. The minimum atomic E-state index is -2.95. The van der Waals surface area contributed by atoms with Crippen LogP contribution in [0.25, 0.3) is 10.9 Å². The van der Waals surface area contributed by atoms with E-state index in [2.05, 4.69) is 15.3 Å². The van der Waals surface area contributed by atoms with Gasteiger partial charge in [0.05, 0.1) is 18.2 Å². The highest BCUT2D eigenvalue weighted by Crippen LogP contribution is 2.43. The molecule has 7 heteroatoms. The molecule has 2 heterocycles. The van der Waals surface area contributed by atoms with Crippen LogP contribution in [-0.2, 0) is 12.5 Å². The molecule has 4 rings (SSSR count). The van der Waals surface area contributed by atoms with Gasteiger partial charge in [-0.2, -0.15) is 8.78 Å². The number of ether oxygens (including phenoxy) is 2. The number of rotatable bonds is 4. The van der Waals surface area contributed by atoms with Crippen LogP contribution in [0, 0.1) is 13.8 Å². The average molecular weight is 371 g/mol. The lowest BCUT2D eigenvalue weighted by atomic mass is 10.1. The molecule has 3 aromatic rings. The number of aromatic nitrogens is 2. The summed E-state index contributed by atoms with van der Waals surface area (Å²) < 4.78 is 38.4. The van der Waals surface area contributed by atoms with Crippen LogP contribution in [0.15, 0.2) is 30.3 Å². The number of benzene rings is 2. The summed E-state index contributed by atoms with van der Waals surface area (Å²) in [6.07, 6.45) is 0. The van der Waals surface area contributed by atoms with Gasteiger partial charge in [-0.25, -0.2) is 9.97 Å². The maximum absolute atomic E-state index is 13.9. The molecule has 1 aliphatic heterocycles. The van der Waals surface area contributed by atoms with Gasteiger partial charge in [0.25, 0.3) is 0 Å². The third-order valence-corrected chi connectivity index (χ3v) is 4.66. The molecule has 1 aliphatic rings. The third kappa shape index (κ3) is 3.03. The minimum Gasteiger partial charge on any atom is -0.496 e. The van der Waals surface area contributed by atoms with E-state index in [-0.39, 0.29) is 11.3 Å². The predicted molar refractivity (Wildman–Crippen MR) is 98.7 cm³/mol. The second-order valence-electron chi connectivity index (χ2n) is 6.60. The molecular formula is C20H19F2N3O2. The van der Waals surface area contributed by atoms with Crippen molar-refractivity contribution in [3.63, 3.8) is 0 Å². The highest BCUT2D eigenvalue weighted by molar-refractivity contribution is 5.91. The number of hydrogen-bond acceptors (Lipinski definition) is 5. The number of fused-ring (bicyclic) bond motifs is 2. The number of nitrogens with zero attached hydrogens (tertiary/aromatic N) is 2. The Hall–Kier alpha value is -2.96. The van der Waals surface area contributed by atoms with E-state index >= 15 is 0 Å². The molecule has 0 amide bonds. The largest absolute Gasteiger partial charge is 0.496 e. The first-order valence-corrected chi connectivity index (χ1v) is 8.59. The highest BCUT2D eigenvalue weighted by atomic mass is 19.3. The summed E-state index contributed by atoms with van der Waals surface area (Å²) in [6, 6.07) is 8.63. The van der Waals surface area contributed by atoms with Gasteiger partial charge in [-0.05, 0) is 31.5 Å². The SMILES string of the molecule is COc1cc2nc(C)nc(NCc3cccc4c3OCC4(F)F)c2cc1C. The predicted octanol–water partition coefficient (Wildman–Crippen LogP) is 4.35. The molecule has 0 fully saturated rings. The molecule has 0 saturated carbocycles. The fourth-order valence-corrected chi connectivity index (χ4v) is 3.34. The van der Waals surface area contributed by atoms with Gasteiger partial charge in [-0.15, -0.1) is 0 Å². The Kier molecular flexibility index (Phi) is 4.09. The van der Waals surface area contributed by atoms with E-state index in [0.717, 1.165) is 22.2 Å². The summed E-state index contributed by atoms with van der Waals surface area (Å²) in [5.41, 5.74) is 2.32. The Morgan fingerprint density at radius 3 is 2.81 bits per heavy atom. The van der Waals surface area contributed by atoms with E-state index < -0.39 is 12.5 Å². The minimum absolute atomic E-state index is 0.0638. The van der Waals surface area contributed by atoms with Crippen LogP contribution >= 0.6 is 0 Å². The molecule has 1 N–H and O–H groups in total. The molecule has 2 aromatic carbocycles. The first kappa shape index (κ1) is 17.5. The monoisotopic (exact) mass is 371 g/mol. The zero-order valence-corrected chi connectivity index (χ0v) is 15.3. The number of nitrogens with one attached hydrogen (secondary N) is 1.